The lowest BCUT2D eigenvalue weighted by atomic mass is 10.2. The van der Waals surface area contributed by atoms with Crippen LogP contribution in [0.3, 0.4) is 0 Å². The third kappa shape index (κ3) is 4.36. The van der Waals surface area contributed by atoms with Crippen LogP contribution in [-0.2, 0) is 11.2 Å². The Morgan fingerprint density at radius 3 is 2.71 bits per heavy atom. The quantitative estimate of drug-likeness (QED) is 0.705. The smallest absolute Gasteiger partial charge is 0.262 e. The first-order chi connectivity index (χ1) is 13.3. The number of carbonyl (C=O) groups excluding carboxylic acids is 1. The van der Waals surface area contributed by atoms with Gasteiger partial charge in [0.15, 0.2) is 0 Å². The van der Waals surface area contributed by atoms with Gasteiger partial charge >= 0.3 is 0 Å². The molecule has 7 nitrogen and oxygen atoms in total. The van der Waals surface area contributed by atoms with E-state index in [1.807, 2.05) is 58.0 Å². The van der Waals surface area contributed by atoms with Crippen molar-refractivity contribution >= 4 is 11.6 Å². The zero-order valence-corrected chi connectivity index (χ0v) is 16.5. The van der Waals surface area contributed by atoms with Crippen LogP contribution in [0.2, 0.25) is 0 Å². The molecular formula is C21H24N4O3. The second-order valence-electron chi connectivity index (χ2n) is 7.09. The molecule has 0 fully saturated rings. The first kappa shape index (κ1) is 19.5. The standard InChI is InChI=1S/C21H24N4O3/c1-13(2)25-15(4)8-9-17(21(25)27)20-23-19(28-24-20)11-10-18(26)22-16-7-5-6-14(3)12-16/h5-9,12-13H,10-11H2,1-4H3,(H,22,26). The van der Waals surface area contributed by atoms with Crippen LogP contribution in [0.15, 0.2) is 45.7 Å². The van der Waals surface area contributed by atoms with Crippen molar-refractivity contribution in [2.75, 3.05) is 5.32 Å². The van der Waals surface area contributed by atoms with Gasteiger partial charge in [0.2, 0.25) is 17.6 Å². The average molecular weight is 380 g/mol. The van der Waals surface area contributed by atoms with E-state index in [1.54, 1.807) is 10.6 Å². The number of pyridine rings is 1. The predicted molar refractivity (Wildman–Crippen MR) is 107 cm³/mol. The number of benzene rings is 1. The lowest BCUT2D eigenvalue weighted by Gasteiger charge is -2.14. The Morgan fingerprint density at radius 1 is 1.21 bits per heavy atom. The van der Waals surface area contributed by atoms with Gasteiger partial charge in [-0.1, -0.05) is 17.3 Å². The van der Waals surface area contributed by atoms with E-state index in [0.717, 1.165) is 16.9 Å². The monoisotopic (exact) mass is 380 g/mol. The van der Waals surface area contributed by atoms with E-state index in [2.05, 4.69) is 15.5 Å². The molecule has 0 aliphatic heterocycles. The molecule has 0 spiro atoms. The van der Waals surface area contributed by atoms with Crippen LogP contribution in [0.5, 0.6) is 0 Å². The van der Waals surface area contributed by atoms with Crippen molar-refractivity contribution in [1.82, 2.24) is 14.7 Å². The lowest BCUT2D eigenvalue weighted by Crippen LogP contribution is -2.25. The van der Waals surface area contributed by atoms with Gasteiger partial charge in [-0.15, -0.1) is 0 Å². The van der Waals surface area contributed by atoms with Gasteiger partial charge in [0.05, 0.1) is 5.56 Å². The predicted octanol–water partition coefficient (Wildman–Crippen LogP) is 3.67. The second kappa shape index (κ2) is 8.21. The minimum absolute atomic E-state index is 0.0316. The maximum atomic E-state index is 12.7. The topological polar surface area (TPSA) is 90.0 Å². The molecule has 2 aromatic heterocycles. The first-order valence-electron chi connectivity index (χ1n) is 9.27. The highest BCUT2D eigenvalue weighted by molar-refractivity contribution is 5.90. The van der Waals surface area contributed by atoms with Crippen LogP contribution in [0.4, 0.5) is 5.69 Å². The average Bonchev–Trinajstić information content (AvgIpc) is 3.08. The Kier molecular flexibility index (Phi) is 5.73. The molecule has 0 unspecified atom stereocenters. The molecule has 0 saturated carbocycles. The van der Waals surface area contributed by atoms with Crippen LogP contribution in [0.1, 0.15) is 43.5 Å². The molecule has 3 rings (SSSR count). The Balaban J connectivity index is 1.69. The van der Waals surface area contributed by atoms with E-state index in [4.69, 9.17) is 4.52 Å². The fourth-order valence-corrected chi connectivity index (χ4v) is 3.09. The first-order valence-corrected chi connectivity index (χ1v) is 9.27. The number of rotatable bonds is 6. The van der Waals surface area contributed by atoms with Gasteiger partial charge in [0.1, 0.15) is 0 Å². The fraction of sp³-hybridized carbons (Fsp3) is 0.333. The van der Waals surface area contributed by atoms with Crippen molar-refractivity contribution in [2.45, 2.75) is 46.6 Å². The maximum absolute atomic E-state index is 12.7. The molecule has 1 amide bonds. The molecule has 3 aromatic rings. The van der Waals surface area contributed by atoms with Crippen molar-refractivity contribution in [3.05, 3.63) is 63.9 Å². The summed E-state index contributed by atoms with van der Waals surface area (Å²) < 4.78 is 6.93. The van der Waals surface area contributed by atoms with E-state index in [0.29, 0.717) is 17.9 Å². The molecule has 1 aromatic carbocycles. The van der Waals surface area contributed by atoms with Crippen LogP contribution < -0.4 is 10.9 Å². The molecule has 0 bridgehead atoms. The highest BCUT2D eigenvalue weighted by Crippen LogP contribution is 2.16. The van der Waals surface area contributed by atoms with Crippen molar-refractivity contribution in [2.24, 2.45) is 0 Å². The highest BCUT2D eigenvalue weighted by atomic mass is 16.5. The van der Waals surface area contributed by atoms with Crippen molar-refractivity contribution in [3.8, 4) is 11.4 Å². The zero-order chi connectivity index (χ0) is 20.3. The van der Waals surface area contributed by atoms with E-state index in [9.17, 15) is 9.59 Å². The molecule has 1 N–H and O–H groups in total. The highest BCUT2D eigenvalue weighted by Gasteiger charge is 2.16. The summed E-state index contributed by atoms with van der Waals surface area (Å²) in [6.45, 7) is 7.76. The molecular weight excluding hydrogens is 356 g/mol. The fourth-order valence-electron chi connectivity index (χ4n) is 3.09. The molecule has 0 atom stereocenters. The van der Waals surface area contributed by atoms with Crippen LogP contribution >= 0.6 is 0 Å². The lowest BCUT2D eigenvalue weighted by molar-refractivity contribution is -0.116. The maximum Gasteiger partial charge on any atom is 0.262 e. The van der Waals surface area contributed by atoms with Crippen LogP contribution in [0, 0.1) is 13.8 Å². The molecule has 28 heavy (non-hydrogen) atoms. The molecule has 0 aliphatic rings. The van der Waals surface area contributed by atoms with E-state index < -0.39 is 0 Å². The summed E-state index contributed by atoms with van der Waals surface area (Å²) in [5.41, 5.74) is 2.94. The molecule has 0 saturated heterocycles. The van der Waals surface area contributed by atoms with E-state index in [1.165, 1.54) is 0 Å². The zero-order valence-electron chi connectivity index (χ0n) is 16.5. The molecule has 2 heterocycles. The number of aryl methyl sites for hydroxylation is 3. The Morgan fingerprint density at radius 2 is 2.00 bits per heavy atom. The molecule has 0 radical (unpaired) electrons. The Labute approximate surface area is 163 Å². The summed E-state index contributed by atoms with van der Waals surface area (Å²) in [6, 6.07) is 11.2. The summed E-state index contributed by atoms with van der Waals surface area (Å²) in [5, 5.41) is 6.76. The van der Waals surface area contributed by atoms with E-state index in [-0.39, 0.29) is 29.8 Å². The van der Waals surface area contributed by atoms with E-state index >= 15 is 0 Å². The number of anilines is 1. The molecule has 146 valence electrons. The van der Waals surface area contributed by atoms with Crippen LogP contribution in [0.25, 0.3) is 11.4 Å². The van der Waals surface area contributed by atoms with Gasteiger partial charge in [-0.3, -0.25) is 9.59 Å². The minimum Gasteiger partial charge on any atom is -0.339 e. The van der Waals surface area contributed by atoms with Crippen molar-refractivity contribution < 1.29 is 9.32 Å². The van der Waals surface area contributed by atoms with Gasteiger partial charge < -0.3 is 14.4 Å². The number of nitrogens with one attached hydrogen (secondary N) is 1. The third-order valence-corrected chi connectivity index (χ3v) is 4.41. The van der Waals surface area contributed by atoms with Gasteiger partial charge in [-0.25, -0.2) is 0 Å². The van der Waals surface area contributed by atoms with Crippen LogP contribution in [-0.4, -0.2) is 20.6 Å². The second-order valence-corrected chi connectivity index (χ2v) is 7.09. The number of carbonyl (C=O) groups is 1. The van der Waals surface area contributed by atoms with Crippen molar-refractivity contribution in [1.29, 1.82) is 0 Å². The number of amides is 1. The number of hydrogen-bond donors (Lipinski definition) is 1. The SMILES string of the molecule is Cc1cccc(NC(=O)CCc2nc(-c3ccc(C)n(C(C)C)c3=O)no2)c1. The van der Waals surface area contributed by atoms with Gasteiger partial charge in [0, 0.05) is 30.3 Å². The number of nitrogens with zero attached hydrogens (tertiary/aromatic N) is 3. The van der Waals surface area contributed by atoms with Gasteiger partial charge in [-0.05, 0) is 57.5 Å². The summed E-state index contributed by atoms with van der Waals surface area (Å²) in [7, 11) is 0. The van der Waals surface area contributed by atoms with Gasteiger partial charge in [0.25, 0.3) is 5.56 Å². The Bertz CT molecular complexity index is 1050. The number of hydrogen-bond acceptors (Lipinski definition) is 5. The summed E-state index contributed by atoms with van der Waals surface area (Å²) >= 11 is 0. The largest absolute Gasteiger partial charge is 0.339 e. The normalized spacial score (nSPS) is 11.0. The minimum atomic E-state index is -0.153. The Hall–Kier alpha value is -3.22. The third-order valence-electron chi connectivity index (χ3n) is 4.41. The molecule has 7 heteroatoms. The summed E-state index contributed by atoms with van der Waals surface area (Å²) in [5.74, 6) is 0.432. The van der Waals surface area contributed by atoms with Gasteiger partial charge in [-0.2, -0.15) is 4.98 Å². The summed E-state index contributed by atoms with van der Waals surface area (Å²) in [6.07, 6.45) is 0.509. The summed E-state index contributed by atoms with van der Waals surface area (Å²) in [4.78, 5) is 29.1. The number of aromatic nitrogens is 3. The molecule has 0 aliphatic carbocycles. The van der Waals surface area contributed by atoms with Crippen molar-refractivity contribution in [3.63, 3.8) is 0 Å².